The van der Waals surface area contributed by atoms with E-state index in [9.17, 15) is 5.11 Å². The Bertz CT molecular complexity index is 643. The molecule has 6 heteroatoms. The van der Waals surface area contributed by atoms with Crippen molar-refractivity contribution in [3.8, 4) is 5.75 Å². The molecule has 1 aliphatic rings. The Labute approximate surface area is 153 Å². The highest BCUT2D eigenvalue weighted by atomic mass is 32.1. The maximum atomic E-state index is 9.21. The third-order valence-corrected chi connectivity index (χ3v) is 5.36. The lowest BCUT2D eigenvalue weighted by molar-refractivity contribution is 0.00638. The minimum Gasteiger partial charge on any atom is -0.487 e. The number of nitrogens with zero attached hydrogens (tertiary/aromatic N) is 3. The van der Waals surface area contributed by atoms with E-state index in [2.05, 4.69) is 40.8 Å². The summed E-state index contributed by atoms with van der Waals surface area (Å²) in [6.45, 7) is 10.0. The van der Waals surface area contributed by atoms with Crippen molar-refractivity contribution in [2.75, 3.05) is 32.8 Å². The van der Waals surface area contributed by atoms with E-state index in [4.69, 9.17) is 4.74 Å². The van der Waals surface area contributed by atoms with E-state index in [-0.39, 0.29) is 12.1 Å². The molecule has 3 rings (SSSR count). The monoisotopic (exact) mass is 361 g/mol. The van der Waals surface area contributed by atoms with Gasteiger partial charge in [0, 0.05) is 43.6 Å². The predicted octanol–water partition coefficient (Wildman–Crippen LogP) is 2.61. The van der Waals surface area contributed by atoms with Gasteiger partial charge in [-0.25, -0.2) is 4.98 Å². The van der Waals surface area contributed by atoms with E-state index in [1.807, 2.05) is 23.0 Å². The number of aromatic nitrogens is 1. The van der Waals surface area contributed by atoms with Crippen molar-refractivity contribution >= 4 is 11.3 Å². The first kappa shape index (κ1) is 18.3. The summed E-state index contributed by atoms with van der Waals surface area (Å²) in [5.74, 6) is 0.879. The van der Waals surface area contributed by atoms with Crippen molar-refractivity contribution in [2.24, 2.45) is 0 Å². The highest BCUT2D eigenvalue weighted by Gasteiger charge is 2.32. The van der Waals surface area contributed by atoms with Crippen LogP contribution in [-0.4, -0.2) is 58.2 Å². The Morgan fingerprint density at radius 3 is 2.68 bits per heavy atom. The number of aliphatic hydroxyl groups excluding tert-OH is 1. The summed E-state index contributed by atoms with van der Waals surface area (Å²) in [4.78, 5) is 9.09. The molecule has 0 unspecified atom stereocenters. The van der Waals surface area contributed by atoms with Crippen LogP contribution in [0.5, 0.6) is 5.75 Å². The maximum Gasteiger partial charge on any atom is 0.131 e. The number of β-amino-alcohol motifs (C(OH)–C–C–N with tert-alkyl or cyclic N) is 1. The van der Waals surface area contributed by atoms with Crippen LogP contribution >= 0.6 is 11.3 Å². The average molecular weight is 362 g/mol. The van der Waals surface area contributed by atoms with E-state index in [0.717, 1.165) is 44.2 Å². The quantitative estimate of drug-likeness (QED) is 0.821. The minimum absolute atomic E-state index is 0.0948. The summed E-state index contributed by atoms with van der Waals surface area (Å²) in [7, 11) is 0. The first-order chi connectivity index (χ1) is 12.1. The molecule has 1 N–H and O–H groups in total. The first-order valence-electron chi connectivity index (χ1n) is 8.74. The van der Waals surface area contributed by atoms with Gasteiger partial charge in [-0.05, 0) is 31.5 Å². The van der Waals surface area contributed by atoms with Crippen molar-refractivity contribution in [1.29, 1.82) is 0 Å². The van der Waals surface area contributed by atoms with Crippen molar-refractivity contribution in [3.05, 3.63) is 46.4 Å². The third kappa shape index (κ3) is 5.01. The number of thiazole rings is 1. The Balaban J connectivity index is 1.51. The van der Waals surface area contributed by atoms with Crippen LogP contribution in [0.15, 0.2) is 35.2 Å². The molecule has 2 aromatic rings. The number of piperazine rings is 1. The van der Waals surface area contributed by atoms with Gasteiger partial charge in [-0.3, -0.25) is 9.80 Å². The first-order valence-corrected chi connectivity index (χ1v) is 9.68. The highest BCUT2D eigenvalue weighted by molar-refractivity contribution is 7.07. The fourth-order valence-electron chi connectivity index (χ4n) is 3.38. The maximum absolute atomic E-state index is 9.21. The van der Waals surface area contributed by atoms with E-state index >= 15 is 0 Å². The van der Waals surface area contributed by atoms with Crippen LogP contribution in [0.2, 0.25) is 0 Å². The molecule has 1 aromatic carbocycles. The fourth-order valence-corrected chi connectivity index (χ4v) is 3.92. The van der Waals surface area contributed by atoms with Gasteiger partial charge in [0.15, 0.2) is 0 Å². The van der Waals surface area contributed by atoms with Crippen LogP contribution in [0.25, 0.3) is 0 Å². The Hall–Kier alpha value is -1.47. The standard InChI is InChI=1S/C19H27N3O2S/c1-19(2)14-21(7-8-22(19)9-10-23)11-16-3-5-18(6-4-16)24-12-17-13-25-15-20-17/h3-6,13,15,23H,7-12,14H2,1-2H3. The molecular formula is C19H27N3O2S. The molecule has 0 radical (unpaired) electrons. The molecule has 1 aliphatic heterocycles. The van der Waals surface area contributed by atoms with Crippen molar-refractivity contribution in [1.82, 2.24) is 14.8 Å². The van der Waals surface area contributed by atoms with Gasteiger partial charge >= 0.3 is 0 Å². The molecule has 5 nitrogen and oxygen atoms in total. The fraction of sp³-hybridized carbons (Fsp3) is 0.526. The zero-order chi connectivity index (χ0) is 17.7. The van der Waals surface area contributed by atoms with Crippen molar-refractivity contribution < 1.29 is 9.84 Å². The smallest absolute Gasteiger partial charge is 0.131 e. The normalized spacial score (nSPS) is 18.4. The van der Waals surface area contributed by atoms with Gasteiger partial charge < -0.3 is 9.84 Å². The summed E-state index contributed by atoms with van der Waals surface area (Å²) >= 11 is 1.59. The summed E-state index contributed by atoms with van der Waals surface area (Å²) in [6, 6.07) is 8.36. The van der Waals surface area contributed by atoms with Crippen molar-refractivity contribution in [3.63, 3.8) is 0 Å². The van der Waals surface area contributed by atoms with Crippen molar-refractivity contribution in [2.45, 2.75) is 32.5 Å². The van der Waals surface area contributed by atoms with Crippen LogP contribution in [0.3, 0.4) is 0 Å². The van der Waals surface area contributed by atoms with Gasteiger partial charge in [-0.15, -0.1) is 11.3 Å². The molecule has 1 aromatic heterocycles. The number of ether oxygens (including phenoxy) is 1. The molecule has 1 saturated heterocycles. The van der Waals surface area contributed by atoms with Gasteiger partial charge in [0.05, 0.1) is 17.8 Å². The molecule has 1 fully saturated rings. The van der Waals surface area contributed by atoms with Gasteiger partial charge in [-0.2, -0.15) is 0 Å². The molecular weight excluding hydrogens is 334 g/mol. The van der Waals surface area contributed by atoms with E-state index < -0.39 is 0 Å². The number of hydrogen-bond donors (Lipinski definition) is 1. The molecule has 136 valence electrons. The van der Waals surface area contributed by atoms with Crippen LogP contribution in [0.4, 0.5) is 0 Å². The molecule has 0 aliphatic carbocycles. The Morgan fingerprint density at radius 2 is 2.04 bits per heavy atom. The number of rotatable bonds is 7. The Kier molecular flexibility index (Phi) is 6.06. The van der Waals surface area contributed by atoms with E-state index in [0.29, 0.717) is 6.61 Å². The van der Waals surface area contributed by atoms with Gasteiger partial charge in [-0.1, -0.05) is 12.1 Å². The van der Waals surface area contributed by atoms with E-state index in [1.54, 1.807) is 11.3 Å². The highest BCUT2D eigenvalue weighted by Crippen LogP contribution is 2.22. The zero-order valence-electron chi connectivity index (χ0n) is 15.0. The van der Waals surface area contributed by atoms with Gasteiger partial charge in [0.1, 0.15) is 12.4 Å². The van der Waals surface area contributed by atoms with Gasteiger partial charge in [0.25, 0.3) is 0 Å². The van der Waals surface area contributed by atoms with Crippen LogP contribution < -0.4 is 4.74 Å². The molecule has 0 amide bonds. The lowest BCUT2D eigenvalue weighted by atomic mass is 9.98. The topological polar surface area (TPSA) is 48.8 Å². The lowest BCUT2D eigenvalue weighted by Gasteiger charge is -2.47. The second kappa shape index (κ2) is 8.27. The number of benzene rings is 1. The largest absolute Gasteiger partial charge is 0.487 e. The van der Waals surface area contributed by atoms with Crippen LogP contribution in [0.1, 0.15) is 25.1 Å². The average Bonchev–Trinajstić information content (AvgIpc) is 3.10. The summed E-state index contributed by atoms with van der Waals surface area (Å²) in [6.07, 6.45) is 0. The number of hydrogen-bond acceptors (Lipinski definition) is 6. The molecule has 0 saturated carbocycles. The molecule has 25 heavy (non-hydrogen) atoms. The SMILES string of the molecule is CC1(C)CN(Cc2ccc(OCc3cscn3)cc2)CCN1CCO. The third-order valence-electron chi connectivity index (χ3n) is 4.72. The van der Waals surface area contributed by atoms with Crippen LogP contribution in [0, 0.1) is 0 Å². The van der Waals surface area contributed by atoms with Gasteiger partial charge in [0.2, 0.25) is 0 Å². The molecule has 0 spiro atoms. The lowest BCUT2D eigenvalue weighted by Crippen LogP contribution is -2.59. The Morgan fingerprint density at radius 1 is 1.24 bits per heavy atom. The molecule has 0 bridgehead atoms. The summed E-state index contributed by atoms with van der Waals surface area (Å²) in [5.41, 5.74) is 4.19. The second-order valence-electron chi connectivity index (χ2n) is 7.15. The number of aliphatic hydroxyl groups is 1. The molecule has 0 atom stereocenters. The van der Waals surface area contributed by atoms with Crippen LogP contribution in [-0.2, 0) is 13.2 Å². The van der Waals surface area contributed by atoms with E-state index in [1.165, 1.54) is 5.56 Å². The summed E-state index contributed by atoms with van der Waals surface area (Å²) in [5, 5.41) is 11.2. The predicted molar refractivity (Wildman–Crippen MR) is 101 cm³/mol. The minimum atomic E-state index is 0.0948. The summed E-state index contributed by atoms with van der Waals surface area (Å²) < 4.78 is 5.77. The second-order valence-corrected chi connectivity index (χ2v) is 7.86. The zero-order valence-corrected chi connectivity index (χ0v) is 15.8. The molecule has 2 heterocycles.